The second-order valence-electron chi connectivity index (χ2n) is 4.42. The molecule has 0 aliphatic heterocycles. The molecule has 0 bridgehead atoms. The van der Waals surface area contributed by atoms with Crippen LogP contribution in [0.3, 0.4) is 0 Å². The molecule has 1 amide bonds. The lowest BCUT2D eigenvalue weighted by Crippen LogP contribution is -2.17. The topological polar surface area (TPSA) is 41.1 Å². The fourth-order valence-corrected chi connectivity index (χ4v) is 2.28. The zero-order valence-electron chi connectivity index (χ0n) is 11.3. The Morgan fingerprint density at radius 1 is 0.955 bits per heavy atom. The molecule has 0 saturated heterocycles. The minimum absolute atomic E-state index is 0.00464. The van der Waals surface area contributed by atoms with Crippen LogP contribution >= 0.6 is 23.2 Å². The number of carbonyl (C=O) groups excluding carboxylic acids is 1. The fraction of sp³-hybridized carbons (Fsp3) is 0.133. The number of rotatable bonds is 5. The van der Waals surface area contributed by atoms with Crippen LogP contribution in [0.5, 0.6) is 0 Å². The minimum Gasteiger partial charge on any atom is -0.380 e. The van der Waals surface area contributed by atoms with Crippen molar-refractivity contribution in [2.75, 3.05) is 17.2 Å². The van der Waals surface area contributed by atoms with Crippen LogP contribution in [0.25, 0.3) is 0 Å². The average molecular weight is 345 g/mol. The van der Waals surface area contributed by atoms with E-state index < -0.39 is 11.6 Å². The van der Waals surface area contributed by atoms with E-state index in [9.17, 15) is 13.6 Å². The van der Waals surface area contributed by atoms with Gasteiger partial charge in [-0.25, -0.2) is 8.78 Å². The zero-order valence-corrected chi connectivity index (χ0v) is 12.8. The zero-order chi connectivity index (χ0) is 16.1. The quantitative estimate of drug-likeness (QED) is 0.824. The molecule has 3 nitrogen and oxygen atoms in total. The van der Waals surface area contributed by atoms with Crippen LogP contribution in [-0.4, -0.2) is 12.5 Å². The summed E-state index contributed by atoms with van der Waals surface area (Å²) in [6.07, 6.45) is -0.00464. The van der Waals surface area contributed by atoms with E-state index in [4.69, 9.17) is 23.2 Å². The van der Waals surface area contributed by atoms with Crippen molar-refractivity contribution in [3.63, 3.8) is 0 Å². The number of para-hydroxylation sites is 2. The third kappa shape index (κ3) is 4.08. The summed E-state index contributed by atoms with van der Waals surface area (Å²) >= 11 is 11.9. The Morgan fingerprint density at radius 3 is 2.09 bits per heavy atom. The van der Waals surface area contributed by atoms with Crippen LogP contribution in [0.2, 0.25) is 10.0 Å². The molecule has 0 aromatic heterocycles. The van der Waals surface area contributed by atoms with Crippen LogP contribution < -0.4 is 10.6 Å². The Kier molecular flexibility index (Phi) is 5.57. The van der Waals surface area contributed by atoms with Gasteiger partial charge >= 0.3 is 0 Å². The number of hydrogen-bond acceptors (Lipinski definition) is 2. The van der Waals surface area contributed by atoms with Crippen molar-refractivity contribution in [1.29, 1.82) is 0 Å². The summed E-state index contributed by atoms with van der Waals surface area (Å²) < 4.78 is 26.8. The molecule has 2 N–H and O–H groups in total. The second-order valence-corrected chi connectivity index (χ2v) is 5.23. The molecule has 7 heteroatoms. The summed E-state index contributed by atoms with van der Waals surface area (Å²) in [4.78, 5) is 11.8. The number of nitrogens with one attached hydrogen (secondary N) is 2. The molecule has 2 aromatic carbocycles. The highest BCUT2D eigenvalue weighted by Gasteiger charge is 2.11. The van der Waals surface area contributed by atoms with E-state index in [1.54, 1.807) is 18.2 Å². The summed E-state index contributed by atoms with van der Waals surface area (Å²) in [7, 11) is 0. The Bertz CT molecular complexity index is 655. The monoisotopic (exact) mass is 344 g/mol. The molecule has 0 heterocycles. The Morgan fingerprint density at radius 2 is 1.50 bits per heavy atom. The van der Waals surface area contributed by atoms with Gasteiger partial charge in [0, 0.05) is 13.0 Å². The van der Waals surface area contributed by atoms with E-state index in [2.05, 4.69) is 10.6 Å². The van der Waals surface area contributed by atoms with Gasteiger partial charge in [-0.05, 0) is 24.3 Å². The van der Waals surface area contributed by atoms with E-state index >= 15 is 0 Å². The number of benzene rings is 2. The van der Waals surface area contributed by atoms with Crippen molar-refractivity contribution in [2.24, 2.45) is 0 Å². The average Bonchev–Trinajstić information content (AvgIpc) is 2.46. The molecular weight excluding hydrogens is 333 g/mol. The molecule has 0 fully saturated rings. The third-order valence-corrected chi connectivity index (χ3v) is 3.47. The van der Waals surface area contributed by atoms with E-state index in [1.807, 2.05) is 0 Å². The molecule has 2 rings (SSSR count). The first-order valence-corrected chi connectivity index (χ1v) is 7.16. The first-order valence-electron chi connectivity index (χ1n) is 6.41. The maximum absolute atomic E-state index is 13.4. The van der Waals surface area contributed by atoms with Gasteiger partial charge in [0.1, 0.15) is 17.3 Å². The maximum atomic E-state index is 13.4. The number of anilines is 2. The van der Waals surface area contributed by atoms with E-state index in [0.29, 0.717) is 15.7 Å². The maximum Gasteiger partial charge on any atom is 0.226 e. The second kappa shape index (κ2) is 7.42. The van der Waals surface area contributed by atoms with Gasteiger partial charge in [-0.1, -0.05) is 35.3 Å². The molecule has 0 radical (unpaired) electrons. The molecule has 0 unspecified atom stereocenters. The van der Waals surface area contributed by atoms with E-state index in [-0.39, 0.29) is 24.6 Å². The highest BCUT2D eigenvalue weighted by molar-refractivity contribution is 6.39. The van der Waals surface area contributed by atoms with Crippen molar-refractivity contribution in [2.45, 2.75) is 6.42 Å². The van der Waals surface area contributed by atoms with Crippen LogP contribution in [0.15, 0.2) is 36.4 Å². The normalized spacial score (nSPS) is 10.4. The lowest BCUT2D eigenvalue weighted by Gasteiger charge is -2.11. The van der Waals surface area contributed by atoms with Crippen molar-refractivity contribution in [3.05, 3.63) is 58.1 Å². The van der Waals surface area contributed by atoms with Crippen LogP contribution in [-0.2, 0) is 4.79 Å². The van der Waals surface area contributed by atoms with E-state index in [1.165, 1.54) is 6.07 Å². The van der Waals surface area contributed by atoms with Crippen LogP contribution in [0.1, 0.15) is 6.42 Å². The molecule has 0 aliphatic carbocycles. The highest BCUT2D eigenvalue weighted by atomic mass is 35.5. The largest absolute Gasteiger partial charge is 0.380 e. The SMILES string of the molecule is O=C(CCNc1c(F)cccc1F)Nc1c(Cl)cccc1Cl. The van der Waals surface area contributed by atoms with Gasteiger partial charge in [0.05, 0.1) is 15.7 Å². The van der Waals surface area contributed by atoms with Gasteiger partial charge in [-0.3, -0.25) is 4.79 Å². The summed E-state index contributed by atoms with van der Waals surface area (Å²) in [5, 5.41) is 5.74. The Balaban J connectivity index is 1.91. The molecule has 0 saturated carbocycles. The smallest absolute Gasteiger partial charge is 0.226 e. The first-order chi connectivity index (χ1) is 10.5. The van der Waals surface area contributed by atoms with Crippen LogP contribution in [0.4, 0.5) is 20.2 Å². The van der Waals surface area contributed by atoms with Crippen molar-refractivity contribution < 1.29 is 13.6 Å². The van der Waals surface area contributed by atoms with Gasteiger partial charge in [0.25, 0.3) is 0 Å². The van der Waals surface area contributed by atoms with Gasteiger partial charge < -0.3 is 10.6 Å². The summed E-state index contributed by atoms with van der Waals surface area (Å²) in [5.41, 5.74) is 0.0546. The fourth-order valence-electron chi connectivity index (χ4n) is 1.79. The predicted molar refractivity (Wildman–Crippen MR) is 84.6 cm³/mol. The van der Waals surface area contributed by atoms with Crippen LogP contribution in [0, 0.1) is 11.6 Å². The van der Waals surface area contributed by atoms with Crippen molar-refractivity contribution >= 4 is 40.5 Å². The lowest BCUT2D eigenvalue weighted by molar-refractivity contribution is -0.115. The minimum atomic E-state index is -0.713. The van der Waals surface area contributed by atoms with Gasteiger partial charge in [0.15, 0.2) is 0 Å². The molecular formula is C15H12Cl2F2N2O. The summed E-state index contributed by atoms with van der Waals surface area (Å²) in [6, 6.07) is 8.38. The first kappa shape index (κ1) is 16.5. The lowest BCUT2D eigenvalue weighted by atomic mass is 10.2. The van der Waals surface area contributed by atoms with Gasteiger partial charge in [0.2, 0.25) is 5.91 Å². The summed E-state index contributed by atoms with van der Waals surface area (Å²) in [5.74, 6) is -1.80. The number of carbonyl (C=O) groups is 1. The summed E-state index contributed by atoms with van der Waals surface area (Å²) in [6.45, 7) is 0.0613. The molecule has 116 valence electrons. The number of hydrogen-bond donors (Lipinski definition) is 2. The standard InChI is InChI=1S/C15H12Cl2F2N2O/c16-9-3-1-4-10(17)14(9)21-13(22)7-8-20-15-11(18)5-2-6-12(15)19/h1-6,20H,7-8H2,(H,21,22). The van der Waals surface area contributed by atoms with E-state index in [0.717, 1.165) is 12.1 Å². The molecule has 22 heavy (non-hydrogen) atoms. The third-order valence-electron chi connectivity index (χ3n) is 2.84. The van der Waals surface area contributed by atoms with Crippen molar-refractivity contribution in [1.82, 2.24) is 0 Å². The Hall–Kier alpha value is -1.85. The molecule has 0 atom stereocenters. The van der Waals surface area contributed by atoms with Gasteiger partial charge in [-0.2, -0.15) is 0 Å². The van der Waals surface area contributed by atoms with Crippen molar-refractivity contribution in [3.8, 4) is 0 Å². The number of amides is 1. The highest BCUT2D eigenvalue weighted by Crippen LogP contribution is 2.29. The van der Waals surface area contributed by atoms with Gasteiger partial charge in [-0.15, -0.1) is 0 Å². The molecule has 0 spiro atoms. The predicted octanol–water partition coefficient (Wildman–Crippen LogP) is 4.71. The number of halogens is 4. The molecule has 0 aliphatic rings. The Labute approximate surface area is 136 Å². The molecule has 2 aromatic rings.